The van der Waals surface area contributed by atoms with Gasteiger partial charge in [0.05, 0.1) is 30.7 Å². The number of nitrogens with zero attached hydrogens (tertiary/aromatic N) is 2. The van der Waals surface area contributed by atoms with Gasteiger partial charge < -0.3 is 14.8 Å². The molecular weight excluding hydrogens is 230 g/mol. The SMILES string of the molecule is COc1ccc(O)c(-c2cncc3[nH]cnc23)c1. The number of nitrogens with one attached hydrogen (secondary N) is 1. The molecule has 2 aromatic heterocycles. The van der Waals surface area contributed by atoms with Crippen LogP contribution in [0.2, 0.25) is 0 Å². The van der Waals surface area contributed by atoms with Crippen molar-refractivity contribution in [2.24, 2.45) is 0 Å². The van der Waals surface area contributed by atoms with E-state index in [1.807, 2.05) is 0 Å². The first-order valence-electron chi connectivity index (χ1n) is 5.44. The summed E-state index contributed by atoms with van der Waals surface area (Å²) in [6.45, 7) is 0. The second-order valence-corrected chi connectivity index (χ2v) is 3.87. The Kier molecular flexibility index (Phi) is 2.37. The van der Waals surface area contributed by atoms with Crippen molar-refractivity contribution in [3.63, 3.8) is 0 Å². The fraction of sp³-hybridized carbons (Fsp3) is 0.0769. The lowest BCUT2D eigenvalue weighted by Gasteiger charge is -2.07. The van der Waals surface area contributed by atoms with Gasteiger partial charge >= 0.3 is 0 Å². The van der Waals surface area contributed by atoms with Gasteiger partial charge in [-0.15, -0.1) is 0 Å². The molecule has 0 atom stereocenters. The van der Waals surface area contributed by atoms with Crippen molar-refractivity contribution in [2.75, 3.05) is 7.11 Å². The largest absolute Gasteiger partial charge is 0.507 e. The normalized spacial score (nSPS) is 10.7. The molecule has 0 aliphatic rings. The molecule has 2 heterocycles. The number of imidazole rings is 1. The van der Waals surface area contributed by atoms with E-state index in [-0.39, 0.29) is 5.75 Å². The maximum Gasteiger partial charge on any atom is 0.123 e. The topological polar surface area (TPSA) is 71.0 Å². The van der Waals surface area contributed by atoms with Gasteiger partial charge in [0.2, 0.25) is 0 Å². The van der Waals surface area contributed by atoms with Crippen molar-refractivity contribution in [3.05, 3.63) is 36.9 Å². The Morgan fingerprint density at radius 1 is 1.22 bits per heavy atom. The van der Waals surface area contributed by atoms with E-state index in [9.17, 15) is 5.11 Å². The molecule has 18 heavy (non-hydrogen) atoms. The molecule has 0 bridgehead atoms. The van der Waals surface area contributed by atoms with Crippen molar-refractivity contribution < 1.29 is 9.84 Å². The van der Waals surface area contributed by atoms with Gasteiger partial charge in [0.15, 0.2) is 0 Å². The molecule has 0 aliphatic heterocycles. The lowest BCUT2D eigenvalue weighted by atomic mass is 10.1. The Balaban J connectivity index is 2.28. The van der Waals surface area contributed by atoms with Crippen molar-refractivity contribution in [1.82, 2.24) is 15.0 Å². The van der Waals surface area contributed by atoms with Gasteiger partial charge in [-0.3, -0.25) is 4.98 Å². The Bertz CT molecular complexity index is 706. The van der Waals surface area contributed by atoms with Crippen LogP contribution < -0.4 is 4.74 Å². The summed E-state index contributed by atoms with van der Waals surface area (Å²) < 4.78 is 5.17. The zero-order valence-corrected chi connectivity index (χ0v) is 9.71. The van der Waals surface area contributed by atoms with Crippen molar-refractivity contribution in [3.8, 4) is 22.6 Å². The second-order valence-electron chi connectivity index (χ2n) is 3.87. The maximum absolute atomic E-state index is 9.96. The first-order chi connectivity index (χ1) is 8.79. The van der Waals surface area contributed by atoms with Crippen molar-refractivity contribution in [1.29, 1.82) is 0 Å². The molecule has 0 saturated carbocycles. The summed E-state index contributed by atoms with van der Waals surface area (Å²) in [5.41, 5.74) is 3.02. The average Bonchev–Trinajstić information content (AvgIpc) is 2.87. The third kappa shape index (κ3) is 1.57. The zero-order chi connectivity index (χ0) is 12.5. The van der Waals surface area contributed by atoms with E-state index in [1.165, 1.54) is 0 Å². The van der Waals surface area contributed by atoms with Gasteiger partial charge in [0.1, 0.15) is 11.5 Å². The van der Waals surface area contributed by atoms with Gasteiger partial charge in [-0.25, -0.2) is 4.98 Å². The standard InChI is InChI=1S/C13H11N3O2/c1-18-8-2-3-12(17)9(4-8)10-5-14-6-11-13(10)16-7-15-11/h2-7,17H,1H3,(H,15,16). The highest BCUT2D eigenvalue weighted by Gasteiger charge is 2.11. The number of fused-ring (bicyclic) bond motifs is 1. The minimum atomic E-state index is 0.174. The number of phenolic OH excluding ortho intramolecular Hbond substituents is 1. The summed E-state index contributed by atoms with van der Waals surface area (Å²) in [6.07, 6.45) is 4.98. The van der Waals surface area contributed by atoms with Gasteiger partial charge in [0, 0.05) is 17.3 Å². The molecular formula is C13H11N3O2. The van der Waals surface area contributed by atoms with Crippen LogP contribution in [0.4, 0.5) is 0 Å². The third-order valence-electron chi connectivity index (χ3n) is 2.83. The Morgan fingerprint density at radius 2 is 2.11 bits per heavy atom. The summed E-state index contributed by atoms with van der Waals surface area (Å²) in [5, 5.41) is 9.96. The van der Waals surface area contributed by atoms with E-state index >= 15 is 0 Å². The quantitative estimate of drug-likeness (QED) is 0.722. The van der Waals surface area contributed by atoms with E-state index in [1.54, 1.807) is 44.0 Å². The Labute approximate surface area is 103 Å². The van der Waals surface area contributed by atoms with Gasteiger partial charge in [-0.2, -0.15) is 0 Å². The molecule has 1 aromatic carbocycles. The van der Waals surface area contributed by atoms with Crippen LogP contribution in [0.5, 0.6) is 11.5 Å². The van der Waals surface area contributed by atoms with Gasteiger partial charge in [0.25, 0.3) is 0 Å². The van der Waals surface area contributed by atoms with E-state index in [0.717, 1.165) is 16.6 Å². The average molecular weight is 241 g/mol. The molecule has 2 N–H and O–H groups in total. The predicted molar refractivity (Wildman–Crippen MR) is 67.5 cm³/mol. The van der Waals surface area contributed by atoms with E-state index < -0.39 is 0 Å². The third-order valence-corrected chi connectivity index (χ3v) is 2.83. The summed E-state index contributed by atoms with van der Waals surface area (Å²) in [6, 6.07) is 5.07. The molecule has 0 aliphatic carbocycles. The van der Waals surface area contributed by atoms with Crippen molar-refractivity contribution in [2.45, 2.75) is 0 Å². The molecule has 5 nitrogen and oxygen atoms in total. The number of H-pyrrole nitrogens is 1. The molecule has 3 rings (SSSR count). The number of aromatic amines is 1. The van der Waals surface area contributed by atoms with Crippen LogP contribution in [0.3, 0.4) is 0 Å². The number of benzene rings is 1. The fourth-order valence-electron chi connectivity index (χ4n) is 1.92. The molecule has 0 fully saturated rings. The van der Waals surface area contributed by atoms with Crippen LogP contribution in [0.25, 0.3) is 22.2 Å². The molecule has 90 valence electrons. The van der Waals surface area contributed by atoms with Crippen LogP contribution in [-0.2, 0) is 0 Å². The predicted octanol–water partition coefficient (Wildman–Crippen LogP) is 2.34. The first kappa shape index (κ1) is 10.6. The lowest BCUT2D eigenvalue weighted by Crippen LogP contribution is -1.87. The smallest absolute Gasteiger partial charge is 0.123 e. The number of pyridine rings is 1. The Morgan fingerprint density at radius 3 is 2.94 bits per heavy atom. The summed E-state index contributed by atoms with van der Waals surface area (Å²) >= 11 is 0. The summed E-state index contributed by atoms with van der Waals surface area (Å²) in [5.74, 6) is 0.850. The number of aromatic nitrogens is 3. The van der Waals surface area contributed by atoms with E-state index in [2.05, 4.69) is 15.0 Å². The first-order valence-corrected chi connectivity index (χ1v) is 5.44. The zero-order valence-electron chi connectivity index (χ0n) is 9.71. The molecule has 0 unspecified atom stereocenters. The number of methoxy groups -OCH3 is 1. The number of phenols is 1. The molecule has 0 radical (unpaired) electrons. The second kappa shape index (κ2) is 4.03. The Hall–Kier alpha value is -2.56. The van der Waals surface area contributed by atoms with Crippen LogP contribution in [-0.4, -0.2) is 27.2 Å². The van der Waals surface area contributed by atoms with Crippen LogP contribution in [0.15, 0.2) is 36.9 Å². The van der Waals surface area contributed by atoms with Crippen molar-refractivity contribution >= 4 is 11.0 Å². The minimum Gasteiger partial charge on any atom is -0.507 e. The van der Waals surface area contributed by atoms with Crippen LogP contribution in [0.1, 0.15) is 0 Å². The highest BCUT2D eigenvalue weighted by molar-refractivity contribution is 5.92. The van der Waals surface area contributed by atoms with Crippen LogP contribution in [0, 0.1) is 0 Å². The fourth-order valence-corrected chi connectivity index (χ4v) is 1.92. The number of hydrogen-bond donors (Lipinski definition) is 2. The molecule has 0 spiro atoms. The molecule has 0 amide bonds. The van der Waals surface area contributed by atoms with E-state index in [4.69, 9.17) is 4.74 Å². The molecule has 3 aromatic rings. The number of rotatable bonds is 2. The minimum absolute atomic E-state index is 0.174. The monoisotopic (exact) mass is 241 g/mol. The molecule has 5 heteroatoms. The maximum atomic E-state index is 9.96. The summed E-state index contributed by atoms with van der Waals surface area (Å²) in [4.78, 5) is 11.4. The van der Waals surface area contributed by atoms with E-state index in [0.29, 0.717) is 11.3 Å². The highest BCUT2D eigenvalue weighted by atomic mass is 16.5. The van der Waals surface area contributed by atoms with Crippen LogP contribution >= 0.6 is 0 Å². The summed E-state index contributed by atoms with van der Waals surface area (Å²) in [7, 11) is 1.59. The number of hydrogen-bond acceptors (Lipinski definition) is 4. The van der Waals surface area contributed by atoms with Gasteiger partial charge in [-0.05, 0) is 18.2 Å². The van der Waals surface area contributed by atoms with Gasteiger partial charge in [-0.1, -0.05) is 0 Å². The number of ether oxygens (including phenoxy) is 1. The highest BCUT2D eigenvalue weighted by Crippen LogP contribution is 2.35. The molecule has 0 saturated heterocycles. The lowest BCUT2D eigenvalue weighted by molar-refractivity contribution is 0.412. The number of aromatic hydroxyl groups is 1.